The molecule has 0 aromatic rings. The lowest BCUT2D eigenvalue weighted by molar-refractivity contribution is -0.134. The average Bonchev–Trinajstić information content (AvgIpc) is 2.40. The summed E-state index contributed by atoms with van der Waals surface area (Å²) in [6.45, 7) is 0. The predicted octanol–water partition coefficient (Wildman–Crippen LogP) is 1.68. The van der Waals surface area contributed by atoms with Crippen LogP contribution in [0.5, 0.6) is 0 Å². The first kappa shape index (κ1) is 16.1. The molecule has 4 nitrogen and oxygen atoms in total. The van der Waals surface area contributed by atoms with E-state index in [4.69, 9.17) is 0 Å². The molecule has 0 fully saturated rings. The van der Waals surface area contributed by atoms with E-state index in [1.54, 1.807) is 0 Å². The van der Waals surface area contributed by atoms with E-state index in [1.165, 1.54) is 14.2 Å². The number of hydrogen-bond donors (Lipinski definition) is 0. The summed E-state index contributed by atoms with van der Waals surface area (Å²) in [7, 11) is 2.62. The SMILES string of the molecule is COC(=O)C#CCCCCCCC#CC(=O)OC. The smallest absolute Gasteiger partial charge is 0.384 e. The van der Waals surface area contributed by atoms with Crippen LogP contribution in [-0.4, -0.2) is 26.2 Å². The third-order valence-corrected chi connectivity index (χ3v) is 2.11. The molecule has 98 valence electrons. The minimum atomic E-state index is -0.493. The zero-order chi connectivity index (χ0) is 13.6. The molecule has 0 unspecified atom stereocenters. The zero-order valence-corrected chi connectivity index (χ0v) is 10.9. The summed E-state index contributed by atoms with van der Waals surface area (Å²) in [5, 5.41) is 0. The summed E-state index contributed by atoms with van der Waals surface area (Å²) in [6, 6.07) is 0. The van der Waals surface area contributed by atoms with Gasteiger partial charge in [-0.3, -0.25) is 0 Å². The van der Waals surface area contributed by atoms with Crippen molar-refractivity contribution in [3.63, 3.8) is 0 Å². The number of rotatable bonds is 5. The van der Waals surface area contributed by atoms with Gasteiger partial charge in [0.1, 0.15) is 0 Å². The molecule has 0 bridgehead atoms. The highest BCUT2D eigenvalue weighted by Gasteiger charge is 1.91. The highest BCUT2D eigenvalue weighted by molar-refractivity contribution is 5.88. The molecule has 0 aliphatic rings. The number of ether oxygens (including phenoxy) is 2. The number of carbonyl (C=O) groups is 2. The molecule has 0 spiro atoms. The van der Waals surface area contributed by atoms with Gasteiger partial charge in [-0.2, -0.15) is 0 Å². The minimum absolute atomic E-state index is 0.493. The first-order valence-corrected chi connectivity index (χ1v) is 5.84. The molecular weight excluding hydrogens is 232 g/mol. The lowest BCUT2D eigenvalue weighted by atomic mass is 10.1. The second-order valence-electron chi connectivity index (χ2n) is 3.50. The lowest BCUT2D eigenvalue weighted by Crippen LogP contribution is -1.94. The van der Waals surface area contributed by atoms with E-state index < -0.39 is 11.9 Å². The van der Waals surface area contributed by atoms with Gasteiger partial charge in [0.25, 0.3) is 0 Å². The van der Waals surface area contributed by atoms with Gasteiger partial charge in [-0.05, 0) is 12.8 Å². The van der Waals surface area contributed by atoms with Crippen LogP contribution in [0.4, 0.5) is 0 Å². The Morgan fingerprint density at radius 1 is 0.778 bits per heavy atom. The van der Waals surface area contributed by atoms with Crippen LogP contribution in [0.1, 0.15) is 38.5 Å². The highest BCUT2D eigenvalue weighted by Crippen LogP contribution is 2.04. The molecule has 0 radical (unpaired) electrons. The van der Waals surface area contributed by atoms with E-state index in [2.05, 4.69) is 33.2 Å². The molecule has 0 heterocycles. The van der Waals surface area contributed by atoms with Crippen LogP contribution >= 0.6 is 0 Å². The highest BCUT2D eigenvalue weighted by atomic mass is 16.5. The second-order valence-corrected chi connectivity index (χ2v) is 3.50. The van der Waals surface area contributed by atoms with Gasteiger partial charge in [0.05, 0.1) is 14.2 Å². The van der Waals surface area contributed by atoms with Crippen molar-refractivity contribution in [2.45, 2.75) is 38.5 Å². The Hall–Kier alpha value is -1.94. The van der Waals surface area contributed by atoms with Crippen LogP contribution in [0.2, 0.25) is 0 Å². The second kappa shape index (κ2) is 11.5. The molecule has 0 rings (SSSR count). The van der Waals surface area contributed by atoms with Crippen LogP contribution in [0.25, 0.3) is 0 Å². The van der Waals surface area contributed by atoms with Crippen LogP contribution in [-0.2, 0) is 19.1 Å². The number of unbranched alkanes of at least 4 members (excludes halogenated alkanes) is 5. The van der Waals surface area contributed by atoms with E-state index >= 15 is 0 Å². The van der Waals surface area contributed by atoms with Crippen molar-refractivity contribution in [1.29, 1.82) is 0 Å². The molecule has 18 heavy (non-hydrogen) atoms. The minimum Gasteiger partial charge on any atom is -0.459 e. The maximum Gasteiger partial charge on any atom is 0.384 e. The maximum absolute atomic E-state index is 10.6. The third-order valence-electron chi connectivity index (χ3n) is 2.11. The van der Waals surface area contributed by atoms with E-state index in [0.717, 1.165) is 25.7 Å². The van der Waals surface area contributed by atoms with Gasteiger partial charge in [-0.1, -0.05) is 24.7 Å². The Morgan fingerprint density at radius 3 is 1.50 bits per heavy atom. The zero-order valence-electron chi connectivity index (χ0n) is 10.9. The Morgan fingerprint density at radius 2 is 1.17 bits per heavy atom. The van der Waals surface area contributed by atoms with Crippen molar-refractivity contribution < 1.29 is 19.1 Å². The van der Waals surface area contributed by atoms with E-state index in [0.29, 0.717) is 12.8 Å². The van der Waals surface area contributed by atoms with Gasteiger partial charge < -0.3 is 9.47 Å². The largest absolute Gasteiger partial charge is 0.459 e. The molecule has 0 atom stereocenters. The Kier molecular flexibility index (Phi) is 10.3. The van der Waals surface area contributed by atoms with Gasteiger partial charge in [-0.15, -0.1) is 0 Å². The fraction of sp³-hybridized carbons (Fsp3) is 0.571. The molecule has 0 N–H and O–H groups in total. The van der Waals surface area contributed by atoms with Gasteiger partial charge >= 0.3 is 11.9 Å². The molecule has 0 saturated heterocycles. The van der Waals surface area contributed by atoms with Crippen molar-refractivity contribution >= 4 is 11.9 Å². The molecule has 0 aromatic heterocycles. The molecule has 0 amide bonds. The first-order chi connectivity index (χ1) is 8.70. The summed E-state index contributed by atoms with van der Waals surface area (Å²) < 4.78 is 8.77. The molecule has 0 aliphatic carbocycles. The van der Waals surface area contributed by atoms with Crippen molar-refractivity contribution in [3.8, 4) is 23.7 Å². The van der Waals surface area contributed by atoms with Gasteiger partial charge in [0, 0.05) is 24.7 Å². The number of esters is 2. The summed E-state index contributed by atoms with van der Waals surface area (Å²) in [6.07, 6.45) is 5.38. The van der Waals surface area contributed by atoms with Gasteiger partial charge in [0.2, 0.25) is 0 Å². The fourth-order valence-electron chi connectivity index (χ4n) is 1.15. The summed E-state index contributed by atoms with van der Waals surface area (Å²) in [4.78, 5) is 21.3. The average molecular weight is 250 g/mol. The number of hydrogen-bond acceptors (Lipinski definition) is 4. The topological polar surface area (TPSA) is 52.6 Å². The van der Waals surface area contributed by atoms with E-state index in [9.17, 15) is 9.59 Å². The molecule has 0 saturated carbocycles. The van der Waals surface area contributed by atoms with Crippen molar-refractivity contribution in [3.05, 3.63) is 0 Å². The van der Waals surface area contributed by atoms with Crippen molar-refractivity contribution in [1.82, 2.24) is 0 Å². The summed E-state index contributed by atoms with van der Waals surface area (Å²) >= 11 is 0. The lowest BCUT2D eigenvalue weighted by Gasteiger charge is -1.94. The maximum atomic E-state index is 10.6. The quantitative estimate of drug-likeness (QED) is 0.322. The number of carbonyl (C=O) groups excluding carboxylic acids is 2. The van der Waals surface area contributed by atoms with Crippen LogP contribution in [0.15, 0.2) is 0 Å². The molecule has 0 aromatic carbocycles. The van der Waals surface area contributed by atoms with Crippen LogP contribution < -0.4 is 0 Å². The Labute approximate surface area is 108 Å². The monoisotopic (exact) mass is 250 g/mol. The molecule has 0 aliphatic heterocycles. The predicted molar refractivity (Wildman–Crippen MR) is 67.3 cm³/mol. The van der Waals surface area contributed by atoms with Crippen LogP contribution in [0.3, 0.4) is 0 Å². The van der Waals surface area contributed by atoms with E-state index in [1.807, 2.05) is 0 Å². The Balaban J connectivity index is 3.40. The van der Waals surface area contributed by atoms with Gasteiger partial charge in [0.15, 0.2) is 0 Å². The molecular formula is C14H18O4. The fourth-order valence-corrected chi connectivity index (χ4v) is 1.15. The standard InChI is InChI=1S/C14H18O4/c1-17-13(15)11-9-7-5-3-4-6-8-10-12-14(16)18-2/h3-8H2,1-2H3. The first-order valence-electron chi connectivity index (χ1n) is 5.84. The van der Waals surface area contributed by atoms with Crippen molar-refractivity contribution in [2.24, 2.45) is 0 Å². The Bertz CT molecular complexity index is 338. The summed E-state index contributed by atoms with van der Waals surface area (Å²) in [5.41, 5.74) is 0. The number of methoxy groups -OCH3 is 2. The van der Waals surface area contributed by atoms with E-state index in [-0.39, 0.29) is 0 Å². The van der Waals surface area contributed by atoms with Crippen LogP contribution in [0, 0.1) is 23.7 Å². The van der Waals surface area contributed by atoms with Crippen molar-refractivity contribution in [2.75, 3.05) is 14.2 Å². The van der Waals surface area contributed by atoms with Gasteiger partial charge in [-0.25, -0.2) is 9.59 Å². The normalized spacial score (nSPS) is 8.33. The third kappa shape index (κ3) is 10.6. The summed E-state index contributed by atoms with van der Waals surface area (Å²) in [5.74, 6) is 9.26. The molecule has 4 heteroatoms.